The first-order valence-electron chi connectivity index (χ1n) is 8.71. The Kier molecular flexibility index (Phi) is 6.16. The Morgan fingerprint density at radius 2 is 1.93 bits per heavy atom. The molecule has 5 nitrogen and oxygen atoms in total. The quantitative estimate of drug-likeness (QED) is 0.545. The van der Waals surface area contributed by atoms with Crippen LogP contribution < -0.4 is 9.47 Å². The van der Waals surface area contributed by atoms with Crippen LogP contribution in [0.3, 0.4) is 0 Å². The molecule has 144 valence electrons. The van der Waals surface area contributed by atoms with Crippen molar-refractivity contribution in [3.63, 3.8) is 0 Å². The Hall–Kier alpha value is -3.05. The van der Waals surface area contributed by atoms with Gasteiger partial charge in [0.1, 0.15) is 18.1 Å². The number of allylic oxidation sites excluding steroid dienone is 1. The molecular weight excluding hydrogens is 378 g/mol. The Morgan fingerprint density at radius 3 is 2.64 bits per heavy atom. The van der Waals surface area contributed by atoms with Crippen molar-refractivity contribution in [3.05, 3.63) is 76.3 Å². The summed E-state index contributed by atoms with van der Waals surface area (Å²) < 4.78 is 11.1. The number of fused-ring (bicyclic) bond motifs is 1. The molecule has 1 heterocycles. The van der Waals surface area contributed by atoms with E-state index < -0.39 is 0 Å². The number of ketones is 1. The average molecular weight is 398 g/mol. The van der Waals surface area contributed by atoms with E-state index in [0.717, 1.165) is 16.9 Å². The van der Waals surface area contributed by atoms with E-state index in [4.69, 9.17) is 21.1 Å². The molecular formula is C22H20ClNO4. The van der Waals surface area contributed by atoms with Gasteiger partial charge >= 0.3 is 0 Å². The first kappa shape index (κ1) is 19.7. The lowest BCUT2D eigenvalue weighted by Gasteiger charge is -2.16. The number of nitrogens with zero attached hydrogens (tertiary/aromatic N) is 1. The van der Waals surface area contributed by atoms with Gasteiger partial charge in [-0.05, 0) is 60.2 Å². The van der Waals surface area contributed by atoms with Gasteiger partial charge in [0, 0.05) is 30.2 Å². The van der Waals surface area contributed by atoms with Gasteiger partial charge in [-0.3, -0.25) is 9.59 Å². The van der Waals surface area contributed by atoms with Crippen molar-refractivity contribution in [3.8, 4) is 11.5 Å². The summed E-state index contributed by atoms with van der Waals surface area (Å²) in [5.41, 5.74) is 2.30. The van der Waals surface area contributed by atoms with E-state index in [2.05, 4.69) is 0 Å². The predicted octanol–water partition coefficient (Wildman–Crippen LogP) is 4.02. The second kappa shape index (κ2) is 8.76. The lowest BCUT2D eigenvalue weighted by atomic mass is 10.1. The van der Waals surface area contributed by atoms with Crippen LogP contribution in [0.2, 0.25) is 5.02 Å². The van der Waals surface area contributed by atoms with Crippen molar-refractivity contribution in [2.24, 2.45) is 0 Å². The highest BCUT2D eigenvalue weighted by Gasteiger charge is 2.11. The highest BCUT2D eigenvalue weighted by Crippen LogP contribution is 2.29. The number of hydrogen-bond acceptors (Lipinski definition) is 4. The molecule has 0 aliphatic carbocycles. The Morgan fingerprint density at radius 1 is 1.18 bits per heavy atom. The largest absolute Gasteiger partial charge is 0.488 e. The first-order valence-corrected chi connectivity index (χ1v) is 9.08. The van der Waals surface area contributed by atoms with Gasteiger partial charge in [-0.15, -0.1) is 0 Å². The van der Waals surface area contributed by atoms with E-state index in [1.807, 2.05) is 18.2 Å². The van der Waals surface area contributed by atoms with E-state index in [0.29, 0.717) is 22.9 Å². The number of benzene rings is 2. The lowest BCUT2D eigenvalue weighted by Crippen LogP contribution is -2.27. The van der Waals surface area contributed by atoms with Crippen LogP contribution >= 0.6 is 11.6 Å². The second-order valence-corrected chi connectivity index (χ2v) is 6.93. The lowest BCUT2D eigenvalue weighted by molar-refractivity contribution is -0.130. The third-order valence-electron chi connectivity index (χ3n) is 4.16. The van der Waals surface area contributed by atoms with Gasteiger partial charge in [-0.1, -0.05) is 17.7 Å². The van der Waals surface area contributed by atoms with Gasteiger partial charge in [-0.2, -0.15) is 0 Å². The fourth-order valence-electron chi connectivity index (χ4n) is 2.53. The summed E-state index contributed by atoms with van der Waals surface area (Å²) in [7, 11) is 3.33. The SMILES string of the molecule is CN(C)C(=O)COc1ccc(C(=O)C=CC2=Cc3cc(Cl)ccc3OC2)cc1. The number of rotatable bonds is 6. The number of amides is 1. The molecule has 0 spiro atoms. The second-order valence-electron chi connectivity index (χ2n) is 6.49. The van der Waals surface area contributed by atoms with Crippen LogP contribution in [0.15, 0.2) is 60.2 Å². The third kappa shape index (κ3) is 5.02. The maximum atomic E-state index is 12.4. The van der Waals surface area contributed by atoms with Gasteiger partial charge in [0.25, 0.3) is 5.91 Å². The molecule has 0 unspecified atom stereocenters. The van der Waals surface area contributed by atoms with Gasteiger partial charge in [0.05, 0.1) is 0 Å². The van der Waals surface area contributed by atoms with Crippen LogP contribution in [-0.4, -0.2) is 43.9 Å². The number of carbonyl (C=O) groups is 2. The molecule has 0 bridgehead atoms. The Labute approximate surface area is 168 Å². The molecule has 0 N–H and O–H groups in total. The van der Waals surface area contributed by atoms with Crippen LogP contribution in [0.1, 0.15) is 15.9 Å². The fourth-order valence-corrected chi connectivity index (χ4v) is 2.71. The van der Waals surface area contributed by atoms with Gasteiger partial charge in [0.15, 0.2) is 12.4 Å². The molecule has 1 aliphatic heterocycles. The van der Waals surface area contributed by atoms with E-state index in [-0.39, 0.29) is 18.3 Å². The Bertz CT molecular complexity index is 946. The number of carbonyl (C=O) groups excluding carboxylic acids is 2. The monoisotopic (exact) mass is 397 g/mol. The van der Waals surface area contributed by atoms with Gasteiger partial charge in [0.2, 0.25) is 0 Å². The van der Waals surface area contributed by atoms with Crippen molar-refractivity contribution in [1.82, 2.24) is 4.90 Å². The summed E-state index contributed by atoms with van der Waals surface area (Å²) in [4.78, 5) is 25.4. The van der Waals surface area contributed by atoms with E-state index in [9.17, 15) is 9.59 Å². The molecule has 1 amide bonds. The van der Waals surface area contributed by atoms with Crippen molar-refractivity contribution < 1.29 is 19.1 Å². The zero-order valence-electron chi connectivity index (χ0n) is 15.6. The van der Waals surface area contributed by atoms with Crippen molar-refractivity contribution in [2.75, 3.05) is 27.3 Å². The molecule has 0 atom stereocenters. The van der Waals surface area contributed by atoms with Crippen molar-refractivity contribution >= 4 is 29.4 Å². The molecule has 1 aliphatic rings. The number of likely N-dealkylation sites (N-methyl/N-ethyl adjacent to an activating group) is 1. The molecule has 3 rings (SSSR count). The summed E-state index contributed by atoms with van der Waals surface area (Å²) >= 11 is 6.01. The van der Waals surface area contributed by atoms with Crippen LogP contribution in [0.25, 0.3) is 6.08 Å². The molecule has 6 heteroatoms. The summed E-state index contributed by atoms with van der Waals surface area (Å²) in [5, 5.41) is 0.634. The maximum absolute atomic E-state index is 12.4. The number of hydrogen-bond donors (Lipinski definition) is 0. The molecule has 0 radical (unpaired) electrons. The zero-order valence-corrected chi connectivity index (χ0v) is 16.4. The van der Waals surface area contributed by atoms with Crippen LogP contribution in [0, 0.1) is 0 Å². The topological polar surface area (TPSA) is 55.8 Å². The minimum absolute atomic E-state index is 0.0418. The molecule has 0 fully saturated rings. The van der Waals surface area contributed by atoms with Gasteiger partial charge in [-0.25, -0.2) is 0 Å². The first-order chi connectivity index (χ1) is 13.4. The molecule has 0 saturated heterocycles. The van der Waals surface area contributed by atoms with E-state index in [1.165, 1.54) is 11.0 Å². The molecule has 0 aromatic heterocycles. The van der Waals surface area contributed by atoms with Crippen LogP contribution in [-0.2, 0) is 4.79 Å². The van der Waals surface area contributed by atoms with E-state index >= 15 is 0 Å². The third-order valence-corrected chi connectivity index (χ3v) is 4.39. The maximum Gasteiger partial charge on any atom is 0.259 e. The van der Waals surface area contributed by atoms with Gasteiger partial charge < -0.3 is 14.4 Å². The minimum atomic E-state index is -0.131. The van der Waals surface area contributed by atoms with Crippen molar-refractivity contribution in [2.45, 2.75) is 0 Å². The number of ether oxygens (including phenoxy) is 2. The average Bonchev–Trinajstić information content (AvgIpc) is 2.70. The molecule has 2 aromatic rings. The molecule has 28 heavy (non-hydrogen) atoms. The zero-order chi connectivity index (χ0) is 20.1. The Balaban J connectivity index is 1.62. The normalized spacial score (nSPS) is 12.8. The summed E-state index contributed by atoms with van der Waals surface area (Å²) in [6, 6.07) is 12.1. The van der Waals surface area contributed by atoms with Crippen molar-refractivity contribution in [1.29, 1.82) is 0 Å². The molecule has 2 aromatic carbocycles. The fraction of sp³-hybridized carbons (Fsp3) is 0.182. The van der Waals surface area contributed by atoms with Crippen LogP contribution in [0.4, 0.5) is 0 Å². The summed E-state index contributed by atoms with van der Waals surface area (Å²) in [6.07, 6.45) is 5.20. The smallest absolute Gasteiger partial charge is 0.259 e. The predicted molar refractivity (Wildman–Crippen MR) is 109 cm³/mol. The van der Waals surface area contributed by atoms with Crippen LogP contribution in [0.5, 0.6) is 11.5 Å². The standard InChI is InChI=1S/C22H20ClNO4/c1-24(2)22(26)14-27-19-7-4-16(5-8-19)20(25)9-3-15-11-17-12-18(23)6-10-21(17)28-13-15/h3-12H,13-14H2,1-2H3. The minimum Gasteiger partial charge on any atom is -0.488 e. The number of halogens is 1. The highest BCUT2D eigenvalue weighted by molar-refractivity contribution is 6.30. The summed E-state index contributed by atoms with van der Waals surface area (Å²) in [5.74, 6) is 1.05. The molecule has 0 saturated carbocycles. The van der Waals surface area contributed by atoms with E-state index in [1.54, 1.807) is 50.5 Å². The highest BCUT2D eigenvalue weighted by atomic mass is 35.5. The summed E-state index contributed by atoms with van der Waals surface area (Å²) in [6.45, 7) is 0.352.